The van der Waals surface area contributed by atoms with Gasteiger partial charge in [-0.1, -0.05) is 13.8 Å². The minimum Gasteiger partial charge on any atom is -0.479 e. The Kier molecular flexibility index (Phi) is 7.26. The van der Waals surface area contributed by atoms with Gasteiger partial charge in [-0.15, -0.1) is 0 Å². The number of hydrogen-bond donors (Lipinski definition) is 6. The molecule has 6 N–H and O–H groups in total. The Morgan fingerprint density at radius 2 is 1.68 bits per heavy atom. The Labute approximate surface area is 217 Å². The second-order valence-electron chi connectivity index (χ2n) is 12.9. The molecule has 1 heterocycles. The molecule has 0 spiro atoms. The van der Waals surface area contributed by atoms with Gasteiger partial charge in [0.05, 0.1) is 12.2 Å². The van der Waals surface area contributed by atoms with Gasteiger partial charge in [0.2, 0.25) is 0 Å². The summed E-state index contributed by atoms with van der Waals surface area (Å²) in [6.45, 7) is 3.95. The van der Waals surface area contributed by atoms with Crippen molar-refractivity contribution in [1.29, 1.82) is 0 Å². The smallest absolute Gasteiger partial charge is 0.335 e. The van der Waals surface area contributed by atoms with Crippen LogP contribution in [0.25, 0.3) is 0 Å². The molecule has 0 aromatic carbocycles. The van der Waals surface area contributed by atoms with Crippen LogP contribution in [0.5, 0.6) is 0 Å². The van der Waals surface area contributed by atoms with Crippen LogP contribution in [0.1, 0.15) is 65.2 Å². The first-order chi connectivity index (χ1) is 17.4. The van der Waals surface area contributed by atoms with Crippen molar-refractivity contribution in [2.75, 3.05) is 6.61 Å². The average molecular weight is 527 g/mol. The van der Waals surface area contributed by atoms with Crippen molar-refractivity contribution < 1.29 is 49.7 Å². The maximum Gasteiger partial charge on any atom is 0.335 e. The third-order valence-corrected chi connectivity index (χ3v) is 11.2. The van der Waals surface area contributed by atoms with E-state index in [1.165, 1.54) is 0 Å². The summed E-state index contributed by atoms with van der Waals surface area (Å²) in [5, 5.41) is 60.8. The van der Waals surface area contributed by atoms with Crippen LogP contribution in [0.15, 0.2) is 0 Å². The molecule has 5 rings (SSSR count). The SMILES string of the molecule is CC12CC(O)C3C(CCC4CC(OC5OC(C(=O)O)C(O)C(O)C5O)CCC43C)C1CCC2C(=O)CO. The summed E-state index contributed by atoms with van der Waals surface area (Å²) in [5.41, 5.74) is -0.404. The highest BCUT2D eigenvalue weighted by Gasteiger charge is 2.64. The molecule has 10 nitrogen and oxygen atoms in total. The lowest BCUT2D eigenvalue weighted by molar-refractivity contribution is -0.310. The molecular weight excluding hydrogens is 484 g/mol. The van der Waals surface area contributed by atoms with Gasteiger partial charge >= 0.3 is 5.97 Å². The van der Waals surface area contributed by atoms with Gasteiger partial charge in [-0.05, 0) is 85.9 Å². The fraction of sp³-hybridized carbons (Fsp3) is 0.926. The summed E-state index contributed by atoms with van der Waals surface area (Å²) in [4.78, 5) is 24.0. The first-order valence-corrected chi connectivity index (χ1v) is 13.8. The Balaban J connectivity index is 1.29. The number of carboxylic acid groups (broad SMARTS) is 1. The fourth-order valence-electron chi connectivity index (χ4n) is 9.46. The molecule has 0 bridgehead atoms. The number of carbonyl (C=O) groups excluding carboxylic acids is 1. The second kappa shape index (κ2) is 9.80. The van der Waals surface area contributed by atoms with Gasteiger partial charge in [0.1, 0.15) is 24.9 Å². The summed E-state index contributed by atoms with van der Waals surface area (Å²) < 4.78 is 11.3. The molecule has 1 aliphatic heterocycles. The predicted octanol–water partition coefficient (Wildman–Crippen LogP) is 0.455. The maximum atomic E-state index is 12.5. The first kappa shape index (κ1) is 27.4. The molecule has 4 aliphatic carbocycles. The van der Waals surface area contributed by atoms with Gasteiger partial charge in [-0.3, -0.25) is 4.79 Å². The van der Waals surface area contributed by atoms with Gasteiger partial charge in [0, 0.05) is 5.92 Å². The van der Waals surface area contributed by atoms with E-state index in [0.717, 1.165) is 32.1 Å². The van der Waals surface area contributed by atoms with Crippen molar-refractivity contribution in [3.05, 3.63) is 0 Å². The van der Waals surface area contributed by atoms with Crippen LogP contribution in [-0.2, 0) is 19.1 Å². The third kappa shape index (κ3) is 4.27. The standard InChI is InChI=1S/C27H42O10/c1-26-8-7-13(36-25-22(33)20(31)21(32)23(37-25)24(34)35)9-12(26)3-4-14-15-5-6-16(18(30)11-28)27(15,2)10-17(29)19(14)26/h12-17,19-23,25,28-29,31-33H,3-11H2,1-2H3,(H,34,35). The average Bonchev–Trinajstić information content (AvgIpc) is 3.19. The molecule has 10 heteroatoms. The Hall–Kier alpha value is -1.14. The summed E-state index contributed by atoms with van der Waals surface area (Å²) in [6.07, 6.45) is -2.61. The van der Waals surface area contributed by atoms with Crippen LogP contribution >= 0.6 is 0 Å². The Morgan fingerprint density at radius 1 is 0.946 bits per heavy atom. The molecule has 0 radical (unpaired) electrons. The molecule has 4 saturated carbocycles. The van der Waals surface area contributed by atoms with E-state index in [2.05, 4.69) is 13.8 Å². The molecule has 14 atom stereocenters. The molecule has 0 aromatic heterocycles. The monoisotopic (exact) mass is 526 g/mol. The van der Waals surface area contributed by atoms with Gasteiger partial charge in [0.25, 0.3) is 0 Å². The van der Waals surface area contributed by atoms with E-state index in [1.807, 2.05) is 0 Å². The van der Waals surface area contributed by atoms with Gasteiger partial charge in [-0.2, -0.15) is 0 Å². The molecule has 210 valence electrons. The van der Waals surface area contributed by atoms with Crippen molar-refractivity contribution in [1.82, 2.24) is 0 Å². The van der Waals surface area contributed by atoms with Crippen molar-refractivity contribution in [3.8, 4) is 0 Å². The summed E-state index contributed by atoms with van der Waals surface area (Å²) >= 11 is 0. The zero-order valence-electron chi connectivity index (χ0n) is 21.6. The van der Waals surface area contributed by atoms with E-state index in [0.29, 0.717) is 31.1 Å². The Bertz CT molecular complexity index is 896. The second-order valence-corrected chi connectivity index (χ2v) is 12.9. The fourth-order valence-corrected chi connectivity index (χ4v) is 9.46. The molecular formula is C27H42O10. The Morgan fingerprint density at radius 3 is 2.35 bits per heavy atom. The van der Waals surface area contributed by atoms with E-state index in [9.17, 15) is 40.2 Å². The molecule has 0 aromatic rings. The van der Waals surface area contributed by atoms with Gasteiger partial charge in [0.15, 0.2) is 18.2 Å². The lowest BCUT2D eigenvalue weighted by atomic mass is 9.44. The minimum absolute atomic E-state index is 0.108. The molecule has 0 amide bonds. The molecule has 14 unspecified atom stereocenters. The number of aliphatic carboxylic acids is 1. The first-order valence-electron chi connectivity index (χ1n) is 13.8. The predicted molar refractivity (Wildman–Crippen MR) is 128 cm³/mol. The number of ether oxygens (including phenoxy) is 2. The van der Waals surface area contributed by atoms with Crippen molar-refractivity contribution in [2.45, 2.75) is 108 Å². The highest BCUT2D eigenvalue weighted by atomic mass is 16.7. The largest absolute Gasteiger partial charge is 0.479 e. The number of aliphatic hydroxyl groups excluding tert-OH is 5. The van der Waals surface area contributed by atoms with E-state index in [-0.39, 0.29) is 40.5 Å². The number of fused-ring (bicyclic) bond motifs is 5. The van der Waals surface area contributed by atoms with E-state index >= 15 is 0 Å². The van der Waals surface area contributed by atoms with Crippen LogP contribution in [0, 0.1) is 40.4 Å². The summed E-state index contributed by atoms with van der Waals surface area (Å²) in [7, 11) is 0. The van der Waals surface area contributed by atoms with Gasteiger partial charge < -0.3 is 40.1 Å². The van der Waals surface area contributed by atoms with E-state index < -0.39 is 49.4 Å². The lowest BCUT2D eigenvalue weighted by Crippen LogP contribution is -2.62. The topological polar surface area (TPSA) is 174 Å². The number of carbonyl (C=O) groups is 2. The number of hydrogen-bond acceptors (Lipinski definition) is 9. The lowest BCUT2D eigenvalue weighted by Gasteiger charge is -2.62. The van der Waals surface area contributed by atoms with E-state index in [4.69, 9.17) is 9.47 Å². The maximum absolute atomic E-state index is 12.5. The number of ketones is 1. The highest BCUT2D eigenvalue weighted by Crippen LogP contribution is 2.67. The molecule has 5 fully saturated rings. The third-order valence-electron chi connectivity index (χ3n) is 11.2. The number of carboxylic acids is 1. The zero-order chi connectivity index (χ0) is 26.9. The number of rotatable bonds is 5. The highest BCUT2D eigenvalue weighted by molar-refractivity contribution is 5.83. The number of Topliss-reactive ketones (excluding diaryl/α,β-unsaturated/α-hetero) is 1. The number of aliphatic hydroxyl groups is 5. The normalized spacial score (nSPS) is 53.6. The van der Waals surface area contributed by atoms with Crippen LogP contribution < -0.4 is 0 Å². The van der Waals surface area contributed by atoms with E-state index in [1.54, 1.807) is 0 Å². The zero-order valence-corrected chi connectivity index (χ0v) is 21.6. The van der Waals surface area contributed by atoms with Crippen LogP contribution in [-0.4, -0.2) is 91.9 Å². The van der Waals surface area contributed by atoms with Crippen LogP contribution in [0.3, 0.4) is 0 Å². The molecule has 37 heavy (non-hydrogen) atoms. The summed E-state index contributed by atoms with van der Waals surface area (Å²) in [6, 6.07) is 0. The van der Waals surface area contributed by atoms with Crippen molar-refractivity contribution >= 4 is 11.8 Å². The van der Waals surface area contributed by atoms with Gasteiger partial charge in [-0.25, -0.2) is 4.79 Å². The molecule has 1 saturated heterocycles. The van der Waals surface area contributed by atoms with Crippen LogP contribution in [0.4, 0.5) is 0 Å². The van der Waals surface area contributed by atoms with Crippen molar-refractivity contribution in [3.63, 3.8) is 0 Å². The van der Waals surface area contributed by atoms with Crippen LogP contribution in [0.2, 0.25) is 0 Å². The van der Waals surface area contributed by atoms with Crippen molar-refractivity contribution in [2.24, 2.45) is 40.4 Å². The minimum atomic E-state index is -1.75. The quantitative estimate of drug-likeness (QED) is 0.276. The molecule has 5 aliphatic rings. The summed E-state index contributed by atoms with van der Waals surface area (Å²) in [5.74, 6) is -0.705.